The molecule has 43 heavy (non-hydrogen) atoms. The number of carbonyl (C=O) groups is 6. The number of anilines is 1. The Morgan fingerprint density at radius 1 is 0.698 bits per heavy atom. The molecule has 3 atom stereocenters. The van der Waals surface area contributed by atoms with Crippen molar-refractivity contribution in [1.29, 1.82) is 0 Å². The molecule has 16 N–H and O–H groups in total. The van der Waals surface area contributed by atoms with E-state index in [0.29, 0.717) is 0 Å². The third-order valence-corrected chi connectivity index (χ3v) is 4.44. The number of nitrogens with two attached hydrogens (primary N) is 4. The first kappa shape index (κ1) is 39.8. The molecular weight excluding hydrogens is 586 g/mol. The number of aromatic nitrogens is 4. The number of fused-ring (bicyclic) bond motifs is 1. The van der Waals surface area contributed by atoms with Gasteiger partial charge in [0.2, 0.25) is 5.95 Å². The van der Waals surface area contributed by atoms with Crippen LogP contribution in [0.1, 0.15) is 38.5 Å². The van der Waals surface area contributed by atoms with E-state index in [4.69, 9.17) is 53.7 Å². The average Bonchev–Trinajstić information content (AvgIpc) is 2.93. The number of aromatic amines is 1. The summed E-state index contributed by atoms with van der Waals surface area (Å²) in [4.78, 5) is 84.8. The summed E-state index contributed by atoms with van der Waals surface area (Å²) < 4.78 is 0. The van der Waals surface area contributed by atoms with E-state index in [0.717, 1.165) is 0 Å². The summed E-state index contributed by atoms with van der Waals surface area (Å²) in [5, 5.41) is 48.8. The third-order valence-electron chi connectivity index (χ3n) is 4.44. The Labute approximate surface area is 240 Å². The average molecular weight is 620 g/mol. The molecule has 0 aliphatic heterocycles. The fourth-order valence-corrected chi connectivity index (χ4v) is 2.15. The maximum Gasteiger partial charge on any atom is 0.320 e. The maximum atomic E-state index is 11.3. The van der Waals surface area contributed by atoms with Gasteiger partial charge < -0.3 is 47.8 Å². The highest BCUT2D eigenvalue weighted by molar-refractivity contribution is 5.75. The number of aliphatic carboxylic acids is 6. The minimum atomic E-state index is -1.17. The second kappa shape index (κ2) is 21.4. The lowest BCUT2D eigenvalue weighted by molar-refractivity contribution is -0.141. The van der Waals surface area contributed by atoms with E-state index in [1.165, 1.54) is 12.4 Å². The number of hydrazine groups is 1. The molecule has 0 unspecified atom stereocenters. The van der Waals surface area contributed by atoms with Crippen LogP contribution in [-0.2, 0) is 28.8 Å². The van der Waals surface area contributed by atoms with Gasteiger partial charge in [-0.05, 0) is 19.3 Å². The monoisotopic (exact) mass is 619 g/mol. The normalized spacial score (nSPS) is 11.8. The molecular formula is C21H33N9O13. The summed E-state index contributed by atoms with van der Waals surface area (Å²) in [6.45, 7) is 0. The Morgan fingerprint density at radius 3 is 1.35 bits per heavy atom. The van der Waals surface area contributed by atoms with E-state index in [9.17, 15) is 33.6 Å². The van der Waals surface area contributed by atoms with Gasteiger partial charge in [0.25, 0.3) is 5.56 Å². The zero-order valence-corrected chi connectivity index (χ0v) is 22.3. The molecule has 0 aliphatic carbocycles. The van der Waals surface area contributed by atoms with Crippen molar-refractivity contribution in [2.45, 2.75) is 56.7 Å². The van der Waals surface area contributed by atoms with Gasteiger partial charge in [0, 0.05) is 31.7 Å². The van der Waals surface area contributed by atoms with Crippen LogP contribution in [0.4, 0.5) is 5.95 Å². The van der Waals surface area contributed by atoms with Crippen LogP contribution in [0, 0.1) is 0 Å². The molecule has 240 valence electrons. The molecule has 0 saturated carbocycles. The van der Waals surface area contributed by atoms with Crippen molar-refractivity contribution in [2.75, 3.05) is 5.43 Å². The van der Waals surface area contributed by atoms with Crippen LogP contribution in [0.15, 0.2) is 17.2 Å². The summed E-state index contributed by atoms with van der Waals surface area (Å²) in [5.74, 6) is -1.35. The number of carboxylic acid groups (broad SMARTS) is 6. The van der Waals surface area contributed by atoms with Gasteiger partial charge in [0.1, 0.15) is 18.1 Å². The predicted molar refractivity (Wildman–Crippen MR) is 143 cm³/mol. The highest BCUT2D eigenvalue weighted by atomic mass is 16.4. The summed E-state index contributed by atoms with van der Waals surface area (Å²) in [7, 11) is 0. The minimum absolute atomic E-state index is 0.0231. The molecule has 2 aromatic heterocycles. The van der Waals surface area contributed by atoms with Crippen molar-refractivity contribution in [3.05, 3.63) is 22.7 Å². The second-order valence-electron chi connectivity index (χ2n) is 7.92. The quantitative estimate of drug-likeness (QED) is 0.0774. The topological polar surface area (TPSA) is 411 Å². The predicted octanol–water partition coefficient (Wildman–Crippen LogP) is -3.21. The van der Waals surface area contributed by atoms with E-state index in [-0.39, 0.29) is 61.2 Å². The molecule has 2 heterocycles. The van der Waals surface area contributed by atoms with Crippen LogP contribution < -0.4 is 34.0 Å². The number of nitrogen functional groups attached to an aromatic ring is 1. The molecule has 2 aromatic rings. The zero-order chi connectivity index (χ0) is 33.7. The fourth-order valence-electron chi connectivity index (χ4n) is 2.15. The second-order valence-corrected chi connectivity index (χ2v) is 7.92. The number of carboxylic acids is 6. The third kappa shape index (κ3) is 20.2. The molecule has 0 saturated heterocycles. The summed E-state index contributed by atoms with van der Waals surface area (Å²) in [6.07, 6.45) is 2.21. The molecule has 0 amide bonds. The summed E-state index contributed by atoms with van der Waals surface area (Å²) >= 11 is 0. The Morgan fingerprint density at radius 2 is 1.05 bits per heavy atom. The van der Waals surface area contributed by atoms with Gasteiger partial charge in [-0.15, -0.1) is 0 Å². The largest absolute Gasteiger partial charge is 0.481 e. The number of hydrogen-bond acceptors (Lipinski definition) is 15. The maximum absolute atomic E-state index is 11.3. The Balaban J connectivity index is 0. The molecule has 0 bridgehead atoms. The van der Waals surface area contributed by atoms with Crippen molar-refractivity contribution in [2.24, 2.45) is 23.0 Å². The van der Waals surface area contributed by atoms with Crippen molar-refractivity contribution in [3.8, 4) is 0 Å². The molecule has 0 aromatic carbocycles. The number of nitrogens with one attached hydrogen (secondary N) is 2. The van der Waals surface area contributed by atoms with Crippen LogP contribution in [0.2, 0.25) is 0 Å². The van der Waals surface area contributed by atoms with E-state index in [1.54, 1.807) is 0 Å². The van der Waals surface area contributed by atoms with Gasteiger partial charge >= 0.3 is 35.8 Å². The number of hydrogen-bond donors (Lipinski definition) is 12. The van der Waals surface area contributed by atoms with Crippen LogP contribution in [0.3, 0.4) is 0 Å². The first-order chi connectivity index (χ1) is 19.9. The zero-order valence-electron chi connectivity index (χ0n) is 22.3. The SMILES string of the molecule is NNc1nc2nccnc2c(=O)[nH]1.N[C@@H](CCC(=O)O)C(=O)O.N[C@@H](CCC(=O)O)C(=O)O.N[C@@H](CCC(=O)O)C(=O)O. The molecule has 2 rings (SSSR count). The summed E-state index contributed by atoms with van der Waals surface area (Å²) in [6, 6.07) is -3.18. The Kier molecular flexibility index (Phi) is 19.8. The van der Waals surface area contributed by atoms with E-state index >= 15 is 0 Å². The number of nitrogens with zero attached hydrogens (tertiary/aromatic N) is 3. The van der Waals surface area contributed by atoms with Gasteiger partial charge in [-0.3, -0.25) is 44.0 Å². The highest BCUT2D eigenvalue weighted by Crippen LogP contribution is 2.00. The van der Waals surface area contributed by atoms with Crippen molar-refractivity contribution in [1.82, 2.24) is 19.9 Å². The Hall–Kier alpha value is -5.32. The highest BCUT2D eigenvalue weighted by Gasteiger charge is 2.13. The van der Waals surface area contributed by atoms with Crippen LogP contribution in [-0.4, -0.2) is 105 Å². The van der Waals surface area contributed by atoms with E-state index < -0.39 is 53.9 Å². The van der Waals surface area contributed by atoms with Crippen LogP contribution in [0.5, 0.6) is 0 Å². The number of rotatable bonds is 13. The van der Waals surface area contributed by atoms with Gasteiger partial charge in [-0.2, -0.15) is 4.98 Å². The molecule has 22 heteroatoms. The lowest BCUT2D eigenvalue weighted by Gasteiger charge is -2.01. The van der Waals surface area contributed by atoms with Crippen molar-refractivity contribution >= 4 is 52.9 Å². The first-order valence-electron chi connectivity index (χ1n) is 11.7. The van der Waals surface area contributed by atoms with Crippen molar-refractivity contribution in [3.63, 3.8) is 0 Å². The fraction of sp³-hybridized carbons (Fsp3) is 0.429. The van der Waals surface area contributed by atoms with Crippen LogP contribution >= 0.6 is 0 Å². The minimum Gasteiger partial charge on any atom is -0.481 e. The molecule has 0 fully saturated rings. The molecule has 0 radical (unpaired) electrons. The molecule has 22 nitrogen and oxygen atoms in total. The van der Waals surface area contributed by atoms with E-state index in [1.807, 2.05) is 0 Å². The van der Waals surface area contributed by atoms with Gasteiger partial charge in [-0.25, -0.2) is 15.8 Å². The van der Waals surface area contributed by atoms with Gasteiger partial charge in [0.05, 0.1) is 0 Å². The van der Waals surface area contributed by atoms with Crippen molar-refractivity contribution < 1.29 is 59.4 Å². The molecule has 0 aliphatic rings. The van der Waals surface area contributed by atoms with Gasteiger partial charge in [0.15, 0.2) is 11.2 Å². The van der Waals surface area contributed by atoms with Crippen LogP contribution in [0.25, 0.3) is 11.2 Å². The van der Waals surface area contributed by atoms with E-state index in [2.05, 4.69) is 25.4 Å². The Bertz CT molecular complexity index is 1210. The number of H-pyrrole nitrogens is 1. The standard InChI is InChI=1S/C6H6N6O.3C5H9NO4/c7-12-6-10-4-3(5(13)11-6)8-1-2-9-4;3*6-3(5(9)10)1-2-4(7)8/h1-2H,7H2,(H2,9,10,11,12,13);3*3H,1-2,6H2,(H,7,8)(H,9,10)/t;3*3-/m.000/s1. The van der Waals surface area contributed by atoms with Gasteiger partial charge in [-0.1, -0.05) is 0 Å². The lowest BCUT2D eigenvalue weighted by Crippen LogP contribution is -2.30. The smallest absolute Gasteiger partial charge is 0.320 e. The molecule has 0 spiro atoms. The first-order valence-corrected chi connectivity index (χ1v) is 11.7. The summed E-state index contributed by atoms with van der Waals surface area (Å²) in [5.41, 5.74) is 17.3. The lowest BCUT2D eigenvalue weighted by atomic mass is 10.2.